The second kappa shape index (κ2) is 4.05. The van der Waals surface area contributed by atoms with E-state index in [2.05, 4.69) is 4.98 Å². The first-order valence-corrected chi connectivity index (χ1v) is 4.51. The van der Waals surface area contributed by atoms with Crippen LogP contribution < -0.4 is 0 Å². The monoisotopic (exact) mass is 233 g/mol. The number of hydrogen-bond acceptors (Lipinski definition) is 3. The Hall–Kier alpha value is -0.640. The minimum atomic E-state index is -0.419. The molecule has 2 rings (SSSR count). The Labute approximate surface area is 90.0 Å². The van der Waals surface area contributed by atoms with E-state index in [0.717, 1.165) is 10.2 Å². The third-order valence-corrected chi connectivity index (χ3v) is 2.86. The average molecular weight is 234 g/mol. The first-order chi connectivity index (χ1) is 5.77. The van der Waals surface area contributed by atoms with Crippen LogP contribution in [0.2, 0.25) is 0 Å². The van der Waals surface area contributed by atoms with Crippen molar-refractivity contribution in [2.75, 3.05) is 0 Å². The molecule has 0 aliphatic rings. The number of thiophene rings is 1. The van der Waals surface area contributed by atoms with Gasteiger partial charge >= 0.3 is 0 Å². The van der Waals surface area contributed by atoms with E-state index in [9.17, 15) is 4.79 Å². The maximum Gasteiger partial charge on any atom is 0.262 e. The minimum absolute atomic E-state index is 0. The molecule has 0 fully saturated rings. The molecule has 0 bridgehead atoms. The van der Waals surface area contributed by atoms with Crippen molar-refractivity contribution in [1.29, 1.82) is 0 Å². The Morgan fingerprint density at radius 3 is 2.92 bits per heavy atom. The van der Waals surface area contributed by atoms with Crippen LogP contribution in [0.5, 0.6) is 0 Å². The van der Waals surface area contributed by atoms with Gasteiger partial charge < -0.3 is 0 Å². The molecule has 68 valence electrons. The molecule has 2 aromatic heterocycles. The van der Waals surface area contributed by atoms with E-state index in [4.69, 9.17) is 11.6 Å². The second-order valence-electron chi connectivity index (χ2n) is 2.28. The Balaban J connectivity index is 0.000000845. The highest BCUT2D eigenvalue weighted by atomic mass is 35.5. The normalized spacial score (nSPS) is 9.62. The van der Waals surface area contributed by atoms with Gasteiger partial charge in [0.2, 0.25) is 0 Å². The summed E-state index contributed by atoms with van der Waals surface area (Å²) in [6.07, 6.45) is 1.70. The molecule has 0 unspecified atom stereocenters. The van der Waals surface area contributed by atoms with Crippen LogP contribution in [0, 0.1) is 0 Å². The molecule has 0 saturated carbocycles. The number of carbonyl (C=O) groups is 1. The van der Waals surface area contributed by atoms with E-state index in [-0.39, 0.29) is 12.4 Å². The van der Waals surface area contributed by atoms with Crippen molar-refractivity contribution >= 4 is 50.8 Å². The van der Waals surface area contributed by atoms with Gasteiger partial charge in [0.05, 0.1) is 4.88 Å². The zero-order chi connectivity index (χ0) is 8.55. The number of nitrogens with zero attached hydrogens (tertiary/aromatic N) is 1. The summed E-state index contributed by atoms with van der Waals surface area (Å²) in [6, 6.07) is 5.49. The van der Waals surface area contributed by atoms with E-state index >= 15 is 0 Å². The summed E-state index contributed by atoms with van der Waals surface area (Å²) >= 11 is 6.63. The average Bonchev–Trinajstić information content (AvgIpc) is 2.46. The Morgan fingerprint density at radius 2 is 2.31 bits per heavy atom. The number of halogens is 2. The van der Waals surface area contributed by atoms with Gasteiger partial charge in [0.1, 0.15) is 4.83 Å². The van der Waals surface area contributed by atoms with Crippen molar-refractivity contribution in [2.45, 2.75) is 0 Å². The van der Waals surface area contributed by atoms with Crippen LogP contribution in [0.25, 0.3) is 10.2 Å². The molecule has 0 radical (unpaired) electrons. The summed E-state index contributed by atoms with van der Waals surface area (Å²) in [5.74, 6) is 0. The molecule has 5 heteroatoms. The summed E-state index contributed by atoms with van der Waals surface area (Å²) in [4.78, 5) is 16.3. The lowest BCUT2D eigenvalue weighted by atomic mass is 10.3. The van der Waals surface area contributed by atoms with Crippen molar-refractivity contribution in [3.05, 3.63) is 29.3 Å². The smallest absolute Gasteiger partial charge is 0.262 e. The maximum atomic E-state index is 10.8. The Bertz CT molecular complexity index is 407. The predicted molar refractivity (Wildman–Crippen MR) is 57.1 cm³/mol. The van der Waals surface area contributed by atoms with Crippen LogP contribution in [-0.2, 0) is 0 Å². The highest BCUT2D eigenvalue weighted by molar-refractivity contribution is 7.21. The zero-order valence-electron chi connectivity index (χ0n) is 6.36. The molecule has 2 nitrogen and oxygen atoms in total. The molecule has 0 amide bonds. The van der Waals surface area contributed by atoms with Gasteiger partial charge in [-0.05, 0) is 23.7 Å². The standard InChI is InChI=1S/C8H4ClNOS.ClH/c9-7(11)6-4-5-2-1-3-10-8(5)12-6;/h1-4H;1H. The van der Waals surface area contributed by atoms with Gasteiger partial charge in [-0.25, -0.2) is 4.98 Å². The van der Waals surface area contributed by atoms with Crippen molar-refractivity contribution < 1.29 is 4.79 Å². The third kappa shape index (κ3) is 1.99. The van der Waals surface area contributed by atoms with Gasteiger partial charge in [0.15, 0.2) is 0 Å². The molecule has 13 heavy (non-hydrogen) atoms. The molecule has 2 heterocycles. The highest BCUT2D eigenvalue weighted by Gasteiger charge is 2.06. The molecule has 0 aliphatic carbocycles. The van der Waals surface area contributed by atoms with Crippen molar-refractivity contribution in [2.24, 2.45) is 0 Å². The Kier molecular flexibility index (Phi) is 3.25. The van der Waals surface area contributed by atoms with Gasteiger partial charge in [-0.1, -0.05) is 6.07 Å². The van der Waals surface area contributed by atoms with Crippen LogP contribution in [-0.4, -0.2) is 10.2 Å². The predicted octanol–water partition coefficient (Wildman–Crippen LogP) is 3.10. The van der Waals surface area contributed by atoms with Crippen molar-refractivity contribution in [3.63, 3.8) is 0 Å². The van der Waals surface area contributed by atoms with Crippen LogP contribution in [0.1, 0.15) is 9.67 Å². The quantitative estimate of drug-likeness (QED) is 0.709. The highest BCUT2D eigenvalue weighted by Crippen LogP contribution is 2.24. The van der Waals surface area contributed by atoms with Crippen LogP contribution in [0.15, 0.2) is 24.4 Å². The summed E-state index contributed by atoms with van der Waals surface area (Å²) < 4.78 is 0. The van der Waals surface area contributed by atoms with Gasteiger partial charge in [-0.2, -0.15) is 0 Å². The van der Waals surface area contributed by atoms with E-state index in [0.29, 0.717) is 4.88 Å². The van der Waals surface area contributed by atoms with E-state index in [1.54, 1.807) is 12.3 Å². The van der Waals surface area contributed by atoms with Crippen LogP contribution in [0.3, 0.4) is 0 Å². The molecular formula is C8H5Cl2NOS. The topological polar surface area (TPSA) is 30.0 Å². The van der Waals surface area contributed by atoms with Crippen molar-refractivity contribution in [1.82, 2.24) is 4.98 Å². The number of hydrogen-bond donors (Lipinski definition) is 0. The van der Waals surface area contributed by atoms with Gasteiger partial charge in [-0.3, -0.25) is 4.79 Å². The van der Waals surface area contributed by atoms with Crippen LogP contribution >= 0.6 is 35.3 Å². The van der Waals surface area contributed by atoms with Gasteiger partial charge in [0, 0.05) is 11.6 Å². The SMILES string of the molecule is Cl.O=C(Cl)c1cc2cccnc2s1. The first kappa shape index (κ1) is 10.4. The van der Waals surface area contributed by atoms with Crippen LogP contribution in [0.4, 0.5) is 0 Å². The number of pyridine rings is 1. The number of carbonyl (C=O) groups excluding carboxylic acids is 1. The fourth-order valence-corrected chi connectivity index (χ4v) is 1.97. The minimum Gasteiger partial charge on any atom is -0.275 e. The molecule has 0 spiro atoms. The van der Waals surface area contributed by atoms with E-state index < -0.39 is 5.24 Å². The molecular weight excluding hydrogens is 229 g/mol. The lowest BCUT2D eigenvalue weighted by Crippen LogP contribution is -1.78. The molecule has 0 N–H and O–H groups in total. The zero-order valence-corrected chi connectivity index (χ0v) is 8.75. The maximum absolute atomic E-state index is 10.8. The fourth-order valence-electron chi connectivity index (χ4n) is 0.970. The lowest BCUT2D eigenvalue weighted by Gasteiger charge is -1.81. The third-order valence-electron chi connectivity index (χ3n) is 1.49. The first-order valence-electron chi connectivity index (χ1n) is 3.32. The number of rotatable bonds is 1. The molecule has 0 atom stereocenters. The Morgan fingerprint density at radius 1 is 1.54 bits per heavy atom. The molecule has 2 aromatic rings. The number of fused-ring (bicyclic) bond motifs is 1. The summed E-state index contributed by atoms with van der Waals surface area (Å²) in [5.41, 5.74) is 0. The van der Waals surface area contributed by atoms with Gasteiger partial charge in [-0.15, -0.1) is 23.7 Å². The summed E-state index contributed by atoms with van der Waals surface area (Å²) in [6.45, 7) is 0. The van der Waals surface area contributed by atoms with Gasteiger partial charge in [0.25, 0.3) is 5.24 Å². The second-order valence-corrected chi connectivity index (χ2v) is 3.66. The fraction of sp³-hybridized carbons (Fsp3) is 0. The lowest BCUT2D eigenvalue weighted by molar-refractivity contribution is 0.108. The summed E-state index contributed by atoms with van der Waals surface area (Å²) in [7, 11) is 0. The van der Waals surface area contributed by atoms with E-state index in [1.807, 2.05) is 12.1 Å². The molecule has 0 aliphatic heterocycles. The molecule has 0 aromatic carbocycles. The van der Waals surface area contributed by atoms with Crippen molar-refractivity contribution in [3.8, 4) is 0 Å². The largest absolute Gasteiger partial charge is 0.275 e. The summed E-state index contributed by atoms with van der Waals surface area (Å²) in [5, 5.41) is 0.546. The molecule has 0 saturated heterocycles. The van der Waals surface area contributed by atoms with E-state index in [1.165, 1.54) is 11.3 Å². The number of aromatic nitrogens is 1.